The van der Waals surface area contributed by atoms with Crippen LogP contribution in [0.4, 0.5) is 10.7 Å². The molecule has 5 aromatic rings. The number of nitrogens with one attached hydrogen (secondary N) is 3. The number of hydrogen-bond acceptors (Lipinski definition) is 9. The number of anilines is 2. The Balaban J connectivity index is 1.10. The minimum atomic E-state index is -0.550. The molecule has 3 N–H and O–H groups in total. The third kappa shape index (κ3) is 9.43. The van der Waals surface area contributed by atoms with Gasteiger partial charge in [-0.05, 0) is 66.9 Å². The summed E-state index contributed by atoms with van der Waals surface area (Å²) in [6, 6.07) is 29.3. The van der Waals surface area contributed by atoms with Gasteiger partial charge in [0.05, 0.1) is 24.2 Å². The van der Waals surface area contributed by atoms with E-state index >= 15 is 0 Å². The first-order valence-electron chi connectivity index (χ1n) is 16.4. The number of carbonyl (C=O) groups is 4. The van der Waals surface area contributed by atoms with E-state index in [1.165, 1.54) is 41.0 Å². The van der Waals surface area contributed by atoms with Crippen LogP contribution in [-0.2, 0) is 33.8 Å². The zero-order valence-electron chi connectivity index (χ0n) is 27.8. The van der Waals surface area contributed by atoms with Crippen LogP contribution in [0.15, 0.2) is 118 Å². The van der Waals surface area contributed by atoms with E-state index in [9.17, 15) is 19.2 Å². The van der Waals surface area contributed by atoms with Crippen LogP contribution in [0.5, 0.6) is 0 Å². The second-order valence-corrected chi connectivity index (χ2v) is 13.7. The Bertz CT molecular complexity index is 2030. The van der Waals surface area contributed by atoms with Crippen molar-refractivity contribution in [3.05, 3.63) is 142 Å². The van der Waals surface area contributed by atoms with Crippen LogP contribution in [0, 0.1) is 0 Å². The maximum atomic E-state index is 13.4. The number of ether oxygens (including phenoxy) is 1. The summed E-state index contributed by atoms with van der Waals surface area (Å²) >= 11 is 2.71. The monoisotopic (exact) mass is 720 g/mol. The highest BCUT2D eigenvalue weighted by atomic mass is 32.2. The van der Waals surface area contributed by atoms with Gasteiger partial charge in [-0.1, -0.05) is 54.6 Å². The molecule has 6 rings (SSSR count). The lowest BCUT2D eigenvalue weighted by atomic mass is 10.0. The normalized spacial score (nSPS) is 12.8. The SMILES string of the molecule is CCOC(=O)c1c(NC(=O)CSc2cccc(NC(=O)/C(=C/c3ccco3)NC(=O)c3ccccc3)c2)sc2c1CCN(Cc1ccccc1)C2. The Morgan fingerprint density at radius 3 is 2.47 bits per heavy atom. The molecule has 1 aliphatic heterocycles. The summed E-state index contributed by atoms with van der Waals surface area (Å²) in [6.07, 6.45) is 3.61. The van der Waals surface area contributed by atoms with E-state index in [1.807, 2.05) is 24.3 Å². The predicted octanol–water partition coefficient (Wildman–Crippen LogP) is 7.22. The molecule has 2 aromatic heterocycles. The van der Waals surface area contributed by atoms with E-state index in [0.717, 1.165) is 28.4 Å². The molecule has 51 heavy (non-hydrogen) atoms. The lowest BCUT2D eigenvalue weighted by Crippen LogP contribution is -2.30. The maximum absolute atomic E-state index is 13.4. The van der Waals surface area contributed by atoms with Crippen LogP contribution in [0.3, 0.4) is 0 Å². The molecule has 0 atom stereocenters. The number of carbonyl (C=O) groups excluding carboxylic acids is 4. The molecule has 3 aromatic carbocycles. The molecule has 260 valence electrons. The van der Waals surface area contributed by atoms with Crippen molar-refractivity contribution in [1.82, 2.24) is 10.2 Å². The van der Waals surface area contributed by atoms with Crippen LogP contribution in [-0.4, -0.2) is 47.5 Å². The van der Waals surface area contributed by atoms with E-state index in [2.05, 4.69) is 33.0 Å². The third-order valence-electron chi connectivity index (χ3n) is 7.94. The highest BCUT2D eigenvalue weighted by molar-refractivity contribution is 8.00. The molecule has 3 amide bonds. The molecule has 1 aliphatic rings. The Labute approximate surface area is 303 Å². The Hall–Kier alpha value is -5.43. The second-order valence-electron chi connectivity index (χ2n) is 11.6. The number of hydrogen-bond donors (Lipinski definition) is 3. The van der Waals surface area contributed by atoms with Gasteiger partial charge in [0.25, 0.3) is 11.8 Å². The zero-order chi connectivity index (χ0) is 35.6. The molecule has 12 heteroatoms. The van der Waals surface area contributed by atoms with Gasteiger partial charge in [0, 0.05) is 46.7 Å². The fraction of sp³-hybridized carbons (Fsp3) is 0.179. The van der Waals surface area contributed by atoms with Crippen molar-refractivity contribution in [2.75, 3.05) is 29.5 Å². The van der Waals surface area contributed by atoms with Crippen molar-refractivity contribution >= 4 is 63.6 Å². The first-order chi connectivity index (χ1) is 24.9. The average Bonchev–Trinajstić information content (AvgIpc) is 3.79. The van der Waals surface area contributed by atoms with Gasteiger partial charge in [-0.15, -0.1) is 23.1 Å². The molecule has 0 aliphatic carbocycles. The molecule has 0 unspecified atom stereocenters. The Morgan fingerprint density at radius 2 is 1.73 bits per heavy atom. The fourth-order valence-electron chi connectivity index (χ4n) is 5.57. The van der Waals surface area contributed by atoms with Crippen molar-refractivity contribution < 1.29 is 28.3 Å². The van der Waals surface area contributed by atoms with Gasteiger partial charge >= 0.3 is 5.97 Å². The van der Waals surface area contributed by atoms with E-state index in [0.29, 0.717) is 40.5 Å². The van der Waals surface area contributed by atoms with Crippen LogP contribution in [0.2, 0.25) is 0 Å². The van der Waals surface area contributed by atoms with E-state index < -0.39 is 17.8 Å². The summed E-state index contributed by atoms with van der Waals surface area (Å²) in [5.74, 6) is -1.23. The molecule has 10 nitrogen and oxygen atoms in total. The van der Waals surface area contributed by atoms with Crippen LogP contribution >= 0.6 is 23.1 Å². The van der Waals surface area contributed by atoms with Gasteiger partial charge in [0.2, 0.25) is 5.91 Å². The van der Waals surface area contributed by atoms with Gasteiger partial charge < -0.3 is 25.1 Å². The van der Waals surface area contributed by atoms with Crippen molar-refractivity contribution in [3.8, 4) is 0 Å². The van der Waals surface area contributed by atoms with Crippen molar-refractivity contribution in [2.24, 2.45) is 0 Å². The number of rotatable bonds is 13. The first kappa shape index (κ1) is 35.4. The summed E-state index contributed by atoms with van der Waals surface area (Å²) in [6.45, 7) is 4.27. The summed E-state index contributed by atoms with van der Waals surface area (Å²) in [4.78, 5) is 56.7. The number of furan rings is 1. The van der Waals surface area contributed by atoms with Gasteiger partial charge in [-0.25, -0.2) is 4.79 Å². The van der Waals surface area contributed by atoms with Gasteiger partial charge in [0.1, 0.15) is 16.5 Å². The van der Waals surface area contributed by atoms with Crippen LogP contribution < -0.4 is 16.0 Å². The molecule has 0 saturated heterocycles. The van der Waals surface area contributed by atoms with Crippen LogP contribution in [0.1, 0.15) is 49.4 Å². The van der Waals surface area contributed by atoms with E-state index in [4.69, 9.17) is 9.15 Å². The van der Waals surface area contributed by atoms with Crippen molar-refractivity contribution in [1.29, 1.82) is 0 Å². The third-order valence-corrected chi connectivity index (χ3v) is 10.1. The van der Waals surface area contributed by atoms with Crippen molar-refractivity contribution in [3.63, 3.8) is 0 Å². The highest BCUT2D eigenvalue weighted by Crippen LogP contribution is 2.38. The van der Waals surface area contributed by atoms with E-state index in [-0.39, 0.29) is 24.0 Å². The Morgan fingerprint density at radius 1 is 0.941 bits per heavy atom. The minimum absolute atomic E-state index is 0.00419. The standard InChI is InChI=1S/C39H36N4O6S2/c1-2-48-39(47)35-31-18-19-43(23-26-11-5-3-6-12-26)24-33(31)51-38(35)42-34(44)25-50-30-17-9-15-28(21-30)40-37(46)32(22-29-16-10-20-49-29)41-36(45)27-13-7-4-8-14-27/h3-17,20-22H,2,18-19,23-25H2,1H3,(H,40,46)(H,41,45)(H,42,44)/b32-22-. The predicted molar refractivity (Wildman–Crippen MR) is 200 cm³/mol. The zero-order valence-corrected chi connectivity index (χ0v) is 29.5. The summed E-state index contributed by atoms with van der Waals surface area (Å²) in [7, 11) is 0. The molecular weight excluding hydrogens is 685 g/mol. The van der Waals surface area contributed by atoms with Gasteiger partial charge in [-0.2, -0.15) is 0 Å². The number of benzene rings is 3. The number of thiophene rings is 1. The maximum Gasteiger partial charge on any atom is 0.341 e. The second kappa shape index (κ2) is 17.0. The molecule has 3 heterocycles. The summed E-state index contributed by atoms with van der Waals surface area (Å²) in [5.41, 5.74) is 3.47. The Kier molecular flexibility index (Phi) is 11.8. The average molecular weight is 721 g/mol. The molecular formula is C39H36N4O6S2. The topological polar surface area (TPSA) is 130 Å². The largest absolute Gasteiger partial charge is 0.465 e. The molecule has 0 saturated carbocycles. The first-order valence-corrected chi connectivity index (χ1v) is 18.2. The quantitative estimate of drug-likeness (QED) is 0.0661. The summed E-state index contributed by atoms with van der Waals surface area (Å²) in [5, 5.41) is 8.97. The highest BCUT2D eigenvalue weighted by Gasteiger charge is 2.29. The molecule has 0 bridgehead atoms. The van der Waals surface area contributed by atoms with Crippen LogP contribution in [0.25, 0.3) is 6.08 Å². The molecule has 0 radical (unpaired) electrons. The lowest BCUT2D eigenvalue weighted by Gasteiger charge is -2.27. The smallest absolute Gasteiger partial charge is 0.341 e. The number of amides is 3. The number of nitrogens with zero attached hydrogens (tertiary/aromatic N) is 1. The molecule has 0 spiro atoms. The lowest BCUT2D eigenvalue weighted by molar-refractivity contribution is -0.114. The summed E-state index contributed by atoms with van der Waals surface area (Å²) < 4.78 is 10.8. The van der Waals surface area contributed by atoms with Crippen molar-refractivity contribution in [2.45, 2.75) is 31.3 Å². The van der Waals surface area contributed by atoms with Gasteiger partial charge in [-0.3, -0.25) is 19.3 Å². The minimum Gasteiger partial charge on any atom is -0.465 e. The number of thioether (sulfide) groups is 1. The number of esters is 1. The van der Waals surface area contributed by atoms with E-state index in [1.54, 1.807) is 67.6 Å². The van der Waals surface area contributed by atoms with Gasteiger partial charge in [0.15, 0.2) is 0 Å². The number of fused-ring (bicyclic) bond motifs is 1. The fourth-order valence-corrected chi connectivity index (χ4v) is 7.62. The molecule has 0 fully saturated rings.